The van der Waals surface area contributed by atoms with Crippen LogP contribution in [0.5, 0.6) is 5.75 Å². The van der Waals surface area contributed by atoms with Crippen molar-refractivity contribution in [2.75, 3.05) is 20.1 Å². The number of amides is 1. The van der Waals surface area contributed by atoms with Crippen LogP contribution in [0.15, 0.2) is 18.2 Å². The Morgan fingerprint density at radius 3 is 2.60 bits per heavy atom. The van der Waals surface area contributed by atoms with E-state index in [9.17, 15) is 9.59 Å². The molecule has 1 N–H and O–H groups in total. The molecule has 1 amide bonds. The molecule has 1 aromatic rings. The van der Waals surface area contributed by atoms with Gasteiger partial charge in [0.1, 0.15) is 17.7 Å². The molecule has 0 radical (unpaired) electrons. The van der Waals surface area contributed by atoms with Crippen LogP contribution in [0.3, 0.4) is 0 Å². The van der Waals surface area contributed by atoms with E-state index >= 15 is 0 Å². The summed E-state index contributed by atoms with van der Waals surface area (Å²) >= 11 is 11.3. The zero-order valence-electron chi connectivity index (χ0n) is 11.1. The van der Waals surface area contributed by atoms with Gasteiger partial charge in [0.05, 0.1) is 19.2 Å². The minimum atomic E-state index is -0.808. The lowest BCUT2D eigenvalue weighted by Gasteiger charge is -2.16. The normalized spacial score (nSPS) is 11.6. The first-order chi connectivity index (χ1) is 9.51. The first-order valence-corrected chi connectivity index (χ1v) is 6.68. The number of nitrogens with one attached hydrogen (secondary N) is 1. The molecule has 0 aliphatic carbocycles. The lowest BCUT2D eigenvalue weighted by molar-refractivity contribution is -0.144. The van der Waals surface area contributed by atoms with E-state index in [4.69, 9.17) is 27.9 Å². The topological polar surface area (TPSA) is 64.6 Å². The van der Waals surface area contributed by atoms with Crippen molar-refractivity contribution in [2.45, 2.75) is 12.5 Å². The summed E-state index contributed by atoms with van der Waals surface area (Å²) in [7, 11) is 2.75. The van der Waals surface area contributed by atoms with Gasteiger partial charge in [0.15, 0.2) is 0 Å². The molecular formula is C13H15Cl2NO4. The number of halogens is 2. The number of rotatable bonds is 6. The van der Waals surface area contributed by atoms with Gasteiger partial charge in [0.2, 0.25) is 5.91 Å². The second-order valence-corrected chi connectivity index (χ2v) is 4.62. The van der Waals surface area contributed by atoms with Crippen molar-refractivity contribution in [3.05, 3.63) is 28.8 Å². The van der Waals surface area contributed by atoms with E-state index in [0.717, 1.165) is 5.56 Å². The molecule has 0 aliphatic heterocycles. The molecular weight excluding hydrogens is 305 g/mol. The van der Waals surface area contributed by atoms with Crippen molar-refractivity contribution in [2.24, 2.45) is 0 Å². The molecule has 7 heteroatoms. The molecule has 0 unspecified atom stereocenters. The summed E-state index contributed by atoms with van der Waals surface area (Å²) < 4.78 is 9.76. The predicted octanol–water partition coefficient (Wildman–Crippen LogP) is 1.79. The van der Waals surface area contributed by atoms with Crippen molar-refractivity contribution in [3.63, 3.8) is 0 Å². The van der Waals surface area contributed by atoms with Crippen LogP contribution in [0.1, 0.15) is 5.56 Å². The van der Waals surface area contributed by atoms with Gasteiger partial charge in [0, 0.05) is 6.42 Å². The van der Waals surface area contributed by atoms with Gasteiger partial charge in [-0.3, -0.25) is 4.79 Å². The number of ether oxygens (including phenoxy) is 2. The molecule has 1 atom stereocenters. The summed E-state index contributed by atoms with van der Waals surface area (Å²) in [5.41, 5.74) is 0.775. The average Bonchev–Trinajstić information content (AvgIpc) is 2.47. The monoisotopic (exact) mass is 319 g/mol. The van der Waals surface area contributed by atoms with Crippen LogP contribution >= 0.6 is 23.2 Å². The van der Waals surface area contributed by atoms with Crippen LogP contribution in [0.4, 0.5) is 0 Å². The lowest BCUT2D eigenvalue weighted by Crippen LogP contribution is -2.43. The SMILES string of the molecule is COC(=O)[C@@H](Cc1ccc(Cl)c(OC)c1)NC(=O)CCl. The van der Waals surface area contributed by atoms with Gasteiger partial charge in [-0.1, -0.05) is 17.7 Å². The van der Waals surface area contributed by atoms with Crippen molar-refractivity contribution in [1.29, 1.82) is 0 Å². The molecule has 0 fully saturated rings. The second kappa shape index (κ2) is 7.97. The van der Waals surface area contributed by atoms with Crippen molar-refractivity contribution >= 4 is 35.1 Å². The minimum Gasteiger partial charge on any atom is -0.495 e. The van der Waals surface area contributed by atoms with E-state index in [1.165, 1.54) is 14.2 Å². The Kier molecular flexibility index (Phi) is 6.61. The van der Waals surface area contributed by atoms with Crippen molar-refractivity contribution in [1.82, 2.24) is 5.32 Å². The standard InChI is InChI=1S/C13H15Cl2NO4/c1-19-11-6-8(3-4-9(11)15)5-10(13(18)20-2)16-12(17)7-14/h3-4,6,10H,5,7H2,1-2H3,(H,16,17)/t10-/m1/s1. The third-order valence-electron chi connectivity index (χ3n) is 2.60. The highest BCUT2D eigenvalue weighted by molar-refractivity contribution is 6.32. The van der Waals surface area contributed by atoms with Gasteiger partial charge in [-0.25, -0.2) is 4.79 Å². The lowest BCUT2D eigenvalue weighted by atomic mass is 10.1. The zero-order chi connectivity index (χ0) is 15.1. The second-order valence-electron chi connectivity index (χ2n) is 3.95. The number of carbonyl (C=O) groups excluding carboxylic acids is 2. The first-order valence-electron chi connectivity index (χ1n) is 5.77. The highest BCUT2D eigenvalue weighted by Crippen LogP contribution is 2.25. The molecule has 0 aliphatic rings. The molecule has 0 bridgehead atoms. The Balaban J connectivity index is 2.88. The van der Waals surface area contributed by atoms with Crippen LogP contribution in [-0.4, -0.2) is 38.0 Å². The van der Waals surface area contributed by atoms with Gasteiger partial charge in [0.25, 0.3) is 0 Å². The first kappa shape index (κ1) is 16.6. The Bertz CT molecular complexity index is 493. The molecule has 1 aromatic carbocycles. The molecule has 5 nitrogen and oxygen atoms in total. The van der Waals surface area contributed by atoms with Gasteiger partial charge in [-0.15, -0.1) is 11.6 Å². The van der Waals surface area contributed by atoms with Gasteiger partial charge in [-0.05, 0) is 17.7 Å². The molecule has 0 spiro atoms. The van der Waals surface area contributed by atoms with E-state index in [-0.39, 0.29) is 12.3 Å². The molecule has 1 rings (SSSR count). The van der Waals surface area contributed by atoms with Crippen LogP contribution < -0.4 is 10.1 Å². The Morgan fingerprint density at radius 1 is 1.35 bits per heavy atom. The van der Waals surface area contributed by atoms with Crippen molar-refractivity contribution in [3.8, 4) is 5.75 Å². The summed E-state index contributed by atoms with van der Waals surface area (Å²) in [5, 5.41) is 2.97. The number of hydrogen-bond donors (Lipinski definition) is 1. The van der Waals surface area contributed by atoms with E-state index < -0.39 is 17.9 Å². The molecule has 0 heterocycles. The molecule has 20 heavy (non-hydrogen) atoms. The van der Waals surface area contributed by atoms with Crippen LogP contribution in [-0.2, 0) is 20.7 Å². The van der Waals surface area contributed by atoms with Crippen molar-refractivity contribution < 1.29 is 19.1 Å². The van der Waals surface area contributed by atoms with Gasteiger partial charge in [-0.2, -0.15) is 0 Å². The Morgan fingerprint density at radius 2 is 2.05 bits per heavy atom. The molecule has 0 aromatic heterocycles. The van der Waals surface area contributed by atoms with E-state index in [1.54, 1.807) is 18.2 Å². The largest absolute Gasteiger partial charge is 0.495 e. The summed E-state index contributed by atoms with van der Waals surface area (Å²) in [6.45, 7) is 0. The third-order valence-corrected chi connectivity index (χ3v) is 3.15. The van der Waals surface area contributed by atoms with Gasteiger partial charge >= 0.3 is 5.97 Å². The highest BCUT2D eigenvalue weighted by atomic mass is 35.5. The van der Waals surface area contributed by atoms with Crippen LogP contribution in [0, 0.1) is 0 Å². The molecule has 0 saturated carbocycles. The van der Waals surface area contributed by atoms with Crippen LogP contribution in [0.2, 0.25) is 5.02 Å². The predicted molar refractivity (Wildman–Crippen MR) is 76.4 cm³/mol. The Labute approximate surface area is 127 Å². The fraction of sp³-hybridized carbons (Fsp3) is 0.385. The smallest absolute Gasteiger partial charge is 0.328 e. The molecule has 110 valence electrons. The third kappa shape index (κ3) is 4.58. The summed E-state index contributed by atoms with van der Waals surface area (Å²) in [5.74, 6) is -0.714. The van der Waals surface area contributed by atoms with E-state index in [2.05, 4.69) is 10.1 Å². The molecule has 0 saturated heterocycles. The van der Waals surface area contributed by atoms with E-state index in [0.29, 0.717) is 10.8 Å². The van der Waals surface area contributed by atoms with Crippen LogP contribution in [0.25, 0.3) is 0 Å². The Hall–Kier alpha value is -1.46. The summed E-state index contributed by atoms with van der Waals surface area (Å²) in [6, 6.07) is 4.30. The quantitative estimate of drug-likeness (QED) is 0.641. The maximum absolute atomic E-state index is 11.7. The summed E-state index contributed by atoms with van der Waals surface area (Å²) in [4.78, 5) is 23.0. The van der Waals surface area contributed by atoms with Gasteiger partial charge < -0.3 is 14.8 Å². The number of alkyl halides is 1. The number of esters is 1. The summed E-state index contributed by atoms with van der Waals surface area (Å²) in [6.07, 6.45) is 0.253. The number of methoxy groups -OCH3 is 2. The number of carbonyl (C=O) groups is 2. The highest BCUT2D eigenvalue weighted by Gasteiger charge is 2.22. The maximum Gasteiger partial charge on any atom is 0.328 e. The number of benzene rings is 1. The fourth-order valence-corrected chi connectivity index (χ4v) is 1.91. The average molecular weight is 320 g/mol. The minimum absolute atomic E-state index is 0.225. The maximum atomic E-state index is 11.7. The zero-order valence-corrected chi connectivity index (χ0v) is 12.6. The fourth-order valence-electron chi connectivity index (χ4n) is 1.64. The van der Waals surface area contributed by atoms with E-state index in [1.807, 2.05) is 0 Å². The number of hydrogen-bond acceptors (Lipinski definition) is 4.